The number of amides is 9. The number of hydrogen-bond acceptors (Lipinski definition) is 11. The molecule has 21 nitrogen and oxygen atoms in total. The van der Waals surface area contributed by atoms with E-state index in [-0.39, 0.29) is 30.5 Å². The smallest absolute Gasteiger partial charge is 0.411 e. The molecule has 1 unspecified atom stereocenters. The first kappa shape index (κ1) is 94.3. The topological polar surface area (TPSA) is 292 Å². The van der Waals surface area contributed by atoms with Gasteiger partial charge in [-0.3, -0.25) is 19.6 Å². The number of methoxy groups -OCH3 is 1. The average Bonchev–Trinajstić information content (AvgIpc) is 0.861. The highest BCUT2D eigenvalue weighted by molar-refractivity contribution is 7.93. The number of nitrogens with one attached hydrogen (secondary N) is 10. The molecule has 24 heteroatoms. The molecule has 0 bridgehead atoms. The minimum absolute atomic E-state index is 0.0581. The molecular formula is C88H106Cl2N10O11S. The Morgan fingerprint density at radius 2 is 0.911 bits per heavy atom. The molecule has 0 radical (unpaired) electrons. The van der Waals surface area contributed by atoms with Crippen molar-refractivity contribution in [1.29, 1.82) is 0 Å². The minimum Gasteiger partial charge on any atom is -0.467 e. The molecule has 0 aliphatic carbocycles. The summed E-state index contributed by atoms with van der Waals surface area (Å²) in [6.45, 7) is 23.7. The first-order valence-electron chi connectivity index (χ1n) is 36.2. The summed E-state index contributed by atoms with van der Waals surface area (Å²) in [5.41, 5.74) is 15.2. The van der Waals surface area contributed by atoms with Gasteiger partial charge in [-0.1, -0.05) is 180 Å². The van der Waals surface area contributed by atoms with Crippen LogP contribution in [0.1, 0.15) is 97.0 Å². The van der Waals surface area contributed by atoms with Crippen LogP contribution in [0.3, 0.4) is 0 Å². The van der Waals surface area contributed by atoms with Crippen LogP contribution in [0.15, 0.2) is 243 Å². The van der Waals surface area contributed by atoms with E-state index in [1.54, 1.807) is 63.2 Å². The van der Waals surface area contributed by atoms with E-state index in [0.717, 1.165) is 74.7 Å². The fourth-order valence-electron chi connectivity index (χ4n) is 9.00. The van der Waals surface area contributed by atoms with Crippen LogP contribution >= 0.6 is 23.2 Å². The summed E-state index contributed by atoms with van der Waals surface area (Å²) in [4.78, 5) is 80.4. The predicted molar refractivity (Wildman–Crippen MR) is 459 cm³/mol. The van der Waals surface area contributed by atoms with Gasteiger partial charge in [0.25, 0.3) is 0 Å². The molecule has 10 N–H and O–H groups in total. The summed E-state index contributed by atoms with van der Waals surface area (Å²) < 4.78 is 35.2. The highest BCUT2D eigenvalue weighted by Crippen LogP contribution is 2.17. The number of esters is 1. The number of ether oxygens (including phenoxy) is 2. The van der Waals surface area contributed by atoms with Crippen LogP contribution in [0.4, 0.5) is 59.0 Å². The Hall–Kier alpha value is -11.9. The molecule has 0 heterocycles. The lowest BCUT2D eigenvalue weighted by atomic mass is 10.1. The molecule has 1 atom stereocenters. The number of hydrogen-bond donors (Lipinski definition) is 10. The average molecular weight is 1580 g/mol. The zero-order chi connectivity index (χ0) is 82.5. The number of urea groups is 3. The fourth-order valence-corrected chi connectivity index (χ4v) is 9.88. The molecular weight excluding hydrogens is 1480 g/mol. The van der Waals surface area contributed by atoms with Crippen LogP contribution in [0.25, 0.3) is 0 Å². The van der Waals surface area contributed by atoms with Crippen LogP contribution in [0, 0.1) is 53.4 Å². The van der Waals surface area contributed by atoms with Crippen molar-refractivity contribution >= 4 is 115 Å². The molecule has 0 fully saturated rings. The van der Waals surface area contributed by atoms with Crippen LogP contribution in [0.5, 0.6) is 0 Å². The van der Waals surface area contributed by atoms with Crippen molar-refractivity contribution in [3.05, 3.63) is 293 Å². The van der Waals surface area contributed by atoms with Gasteiger partial charge >= 0.3 is 30.2 Å². The molecule has 0 aliphatic rings. The van der Waals surface area contributed by atoms with Gasteiger partial charge in [-0.2, -0.15) is 0 Å². The van der Waals surface area contributed by atoms with Crippen LogP contribution in [0.2, 0.25) is 0 Å². The van der Waals surface area contributed by atoms with Gasteiger partial charge < -0.3 is 52.0 Å². The fraction of sp³-hybridized carbons (Fsp3) is 0.261. The Morgan fingerprint density at radius 3 is 1.34 bits per heavy atom. The largest absolute Gasteiger partial charge is 0.467 e. The Balaban J connectivity index is 0.000000342. The van der Waals surface area contributed by atoms with Crippen molar-refractivity contribution in [3.63, 3.8) is 0 Å². The van der Waals surface area contributed by atoms with E-state index in [1.807, 2.05) is 243 Å². The zero-order valence-electron chi connectivity index (χ0n) is 65.6. The molecule has 594 valence electrons. The lowest BCUT2D eigenvalue weighted by molar-refractivity contribution is -0.142. The number of rotatable bonds is 24. The van der Waals surface area contributed by atoms with Crippen LogP contribution in [-0.2, 0) is 46.7 Å². The summed E-state index contributed by atoms with van der Waals surface area (Å²) in [7, 11) is -1.96. The van der Waals surface area contributed by atoms with Crippen LogP contribution in [-0.4, -0.2) is 100 Å². The predicted octanol–water partition coefficient (Wildman–Crippen LogP) is 18.8. The van der Waals surface area contributed by atoms with Gasteiger partial charge in [0, 0.05) is 83.6 Å². The summed E-state index contributed by atoms with van der Waals surface area (Å²) in [6, 6.07) is 70.6. The molecule has 0 spiro atoms. The van der Waals surface area contributed by atoms with Gasteiger partial charge in [0.15, 0.2) is 0 Å². The van der Waals surface area contributed by atoms with Crippen molar-refractivity contribution < 1.29 is 51.5 Å². The number of halogens is 2. The molecule has 0 saturated heterocycles. The van der Waals surface area contributed by atoms with Crippen molar-refractivity contribution in [1.82, 2.24) is 16.0 Å². The maximum Gasteiger partial charge on any atom is 0.411 e. The van der Waals surface area contributed by atoms with E-state index in [2.05, 4.69) is 71.0 Å². The maximum absolute atomic E-state index is 12.1. The van der Waals surface area contributed by atoms with E-state index in [1.165, 1.54) is 23.8 Å². The normalized spacial score (nSPS) is 10.2. The highest BCUT2D eigenvalue weighted by atomic mass is 35.5. The zero-order valence-corrected chi connectivity index (χ0v) is 67.9. The molecule has 0 aliphatic heterocycles. The Kier molecular flexibility index (Phi) is 46.0. The van der Waals surface area contributed by atoms with Crippen molar-refractivity contribution in [2.24, 2.45) is 0 Å². The lowest BCUT2D eigenvalue weighted by Crippen LogP contribution is -2.45. The SMILES string of the molecule is C=CCNC(=O)Nc1cccc(C)c1.CC#Cc1ccc(NS(=O)(=O)C(C)C)cc1.CCCC(=O)Nc1ccc(C)cc1.COC(=O)C(Cc1ccccc1)NC(=O)Nc1ccc(C)cc1.Cc1ccc(NC(=O)CCc2ccccc2)cc1.Cc1ccc(NC(=O)NCCCl)cc1.Cc1ccc(NC(=O)OCCCl)cc1. The number of sulfonamides is 1. The van der Waals surface area contributed by atoms with Gasteiger partial charge in [-0.25, -0.2) is 32.4 Å². The van der Waals surface area contributed by atoms with Crippen molar-refractivity contribution in [2.75, 3.05) is 75.2 Å². The van der Waals surface area contributed by atoms with E-state index < -0.39 is 39.4 Å². The standard InChI is InChI=1S/C18H20N2O3.C16H17NO.C12H15NO2S.C11H14N2O.C11H15NO.C10H13ClN2O.C10H12ClNO2/c1-13-8-10-15(11-9-13)19-18(22)20-16(17(21)23-2)12-14-6-4-3-5-7-14;1-13-7-10-15(11-8-13)17-16(18)12-9-14-5-3-2-4-6-14;1-4-5-11-6-8-12(9-7-11)13-16(14,15)10(2)3;1-3-7-12-11(14)13-10-6-4-5-9(2)8-10;1-3-4-11(13)12-10-7-5-9(2)6-8-10;1-8-2-4-9(5-3-8)13-10(14)12-7-6-11;1-8-2-4-9(5-3-8)12-10(13)14-7-6-11/h3-11,16H,12H2,1-2H3,(H2,19,20,22);2-8,10-11H,9,12H2,1H3,(H,17,18);6-10,13H,1-3H3;3-6,8H,1,7H2,2H3,(H2,12,13,14);5-8H,3-4H2,1-2H3,(H,12,13);2-5H,6-7H2,1H3,(H2,12,13,14);2-5H,6-7H2,1H3,(H,12,13). The van der Waals surface area contributed by atoms with Gasteiger partial charge in [-0.05, 0) is 189 Å². The molecule has 0 saturated carbocycles. The molecule has 9 aromatic rings. The second-order valence-corrected chi connectivity index (χ2v) is 28.2. The monoisotopic (exact) mass is 1580 g/mol. The molecule has 9 amide bonds. The third kappa shape index (κ3) is 43.3. The summed E-state index contributed by atoms with van der Waals surface area (Å²) >= 11 is 10.8. The molecule has 112 heavy (non-hydrogen) atoms. The van der Waals surface area contributed by atoms with Crippen LogP contribution < -0.4 is 52.6 Å². The lowest BCUT2D eigenvalue weighted by Gasteiger charge is -2.17. The number of anilines is 7. The first-order valence-corrected chi connectivity index (χ1v) is 38.8. The second-order valence-electron chi connectivity index (χ2n) is 25.2. The Labute approximate surface area is 671 Å². The van der Waals surface area contributed by atoms with Gasteiger partial charge in [-0.15, -0.1) is 35.7 Å². The Morgan fingerprint density at radius 1 is 0.482 bits per heavy atom. The first-order chi connectivity index (χ1) is 53.6. The number of benzene rings is 9. The number of alkyl halides is 2. The third-order valence-electron chi connectivity index (χ3n) is 15.0. The summed E-state index contributed by atoms with van der Waals surface area (Å²) in [6.07, 6.45) is 4.29. The molecule has 9 rings (SSSR count). The maximum atomic E-state index is 12.1. The van der Waals surface area contributed by atoms with E-state index in [0.29, 0.717) is 55.5 Å². The van der Waals surface area contributed by atoms with Crippen molar-refractivity contribution in [2.45, 2.75) is 113 Å². The number of carbonyl (C=O) groups excluding carboxylic acids is 7. The number of carbonyl (C=O) groups is 7. The van der Waals surface area contributed by atoms with E-state index in [9.17, 15) is 42.0 Å². The summed E-state index contributed by atoms with van der Waals surface area (Å²) in [5.74, 6) is 6.07. The van der Waals surface area contributed by atoms with Gasteiger partial charge in [0.1, 0.15) is 12.6 Å². The number of aryl methyl sites for hydroxylation is 7. The minimum atomic E-state index is -3.26. The molecule has 0 aromatic heterocycles. The van der Waals surface area contributed by atoms with E-state index in [4.69, 9.17) is 32.7 Å². The second kappa shape index (κ2) is 54.7. The van der Waals surface area contributed by atoms with E-state index >= 15 is 0 Å². The molecule has 9 aromatic carbocycles. The van der Waals surface area contributed by atoms with Gasteiger partial charge in [0.05, 0.1) is 18.2 Å². The Bertz CT molecular complexity index is 4390. The highest BCUT2D eigenvalue weighted by Gasteiger charge is 2.22. The summed E-state index contributed by atoms with van der Waals surface area (Å²) in [5, 5.41) is 23.9. The quantitative estimate of drug-likeness (QED) is 0.0117. The van der Waals surface area contributed by atoms with Crippen molar-refractivity contribution in [3.8, 4) is 11.8 Å². The third-order valence-corrected chi connectivity index (χ3v) is 17.1. The van der Waals surface area contributed by atoms with Gasteiger partial charge in [0.2, 0.25) is 21.8 Å².